The minimum absolute atomic E-state index is 0.135. The topological polar surface area (TPSA) is 26.3 Å². The third-order valence-corrected chi connectivity index (χ3v) is 3.24. The molecule has 2 heteroatoms. The van der Waals surface area contributed by atoms with Gasteiger partial charge in [-0.2, -0.15) is 0 Å². The van der Waals surface area contributed by atoms with Crippen LogP contribution in [-0.4, -0.2) is 13.1 Å². The summed E-state index contributed by atoms with van der Waals surface area (Å²) in [5.74, 6) is 0.530. The summed E-state index contributed by atoms with van der Waals surface area (Å²) in [6, 6.07) is 6.41. The smallest absolute Gasteiger partial charge is 0.306 e. The van der Waals surface area contributed by atoms with Crippen LogP contribution in [-0.2, 0) is 9.53 Å². The Hall–Kier alpha value is -1.31. The van der Waals surface area contributed by atoms with Gasteiger partial charge in [-0.1, -0.05) is 37.6 Å². The van der Waals surface area contributed by atoms with Gasteiger partial charge >= 0.3 is 5.97 Å². The van der Waals surface area contributed by atoms with Gasteiger partial charge in [0.25, 0.3) is 0 Å². The molecule has 1 rings (SSSR count). The zero-order valence-electron chi connectivity index (χ0n) is 11.4. The molecule has 0 aromatic heterocycles. The molecule has 1 atom stereocenters. The van der Waals surface area contributed by atoms with Gasteiger partial charge in [0.05, 0.1) is 13.5 Å². The van der Waals surface area contributed by atoms with Crippen LogP contribution < -0.4 is 0 Å². The lowest BCUT2D eigenvalue weighted by Gasteiger charge is -2.22. The van der Waals surface area contributed by atoms with Crippen molar-refractivity contribution in [2.75, 3.05) is 7.11 Å². The lowest BCUT2D eigenvalue weighted by atomic mass is 9.83. The third-order valence-electron chi connectivity index (χ3n) is 3.24. The molecule has 0 spiro atoms. The molecule has 0 radical (unpaired) electrons. The van der Waals surface area contributed by atoms with Crippen molar-refractivity contribution in [1.29, 1.82) is 0 Å². The largest absolute Gasteiger partial charge is 0.469 e. The van der Waals surface area contributed by atoms with Crippen molar-refractivity contribution in [3.63, 3.8) is 0 Å². The van der Waals surface area contributed by atoms with Gasteiger partial charge in [-0.05, 0) is 36.8 Å². The van der Waals surface area contributed by atoms with E-state index in [0.29, 0.717) is 12.3 Å². The normalized spacial score (nSPS) is 12.6. The summed E-state index contributed by atoms with van der Waals surface area (Å²) in [7, 11) is 1.45. The summed E-state index contributed by atoms with van der Waals surface area (Å²) < 4.78 is 4.78. The van der Waals surface area contributed by atoms with Gasteiger partial charge in [0, 0.05) is 0 Å². The Balaban J connectivity index is 3.01. The molecule has 0 saturated heterocycles. The Bertz CT molecular complexity index is 394. The van der Waals surface area contributed by atoms with E-state index in [1.807, 2.05) is 0 Å². The first-order chi connectivity index (χ1) is 7.95. The van der Waals surface area contributed by atoms with Gasteiger partial charge in [0.1, 0.15) is 0 Å². The summed E-state index contributed by atoms with van der Waals surface area (Å²) in [6.45, 7) is 8.48. The van der Waals surface area contributed by atoms with Crippen LogP contribution in [0.3, 0.4) is 0 Å². The highest BCUT2D eigenvalue weighted by molar-refractivity contribution is 5.70. The Kier molecular flexibility index (Phi) is 4.73. The second kappa shape index (κ2) is 5.85. The van der Waals surface area contributed by atoms with Crippen LogP contribution in [0.5, 0.6) is 0 Å². The fraction of sp³-hybridized carbons (Fsp3) is 0.533. The Labute approximate surface area is 104 Å². The van der Waals surface area contributed by atoms with Crippen molar-refractivity contribution >= 4 is 5.97 Å². The molecule has 1 unspecified atom stereocenters. The summed E-state index contributed by atoms with van der Waals surface area (Å²) in [5, 5.41) is 0. The summed E-state index contributed by atoms with van der Waals surface area (Å²) >= 11 is 0. The van der Waals surface area contributed by atoms with Gasteiger partial charge < -0.3 is 4.74 Å². The molecular formula is C15H22O2. The van der Waals surface area contributed by atoms with Gasteiger partial charge in [0.2, 0.25) is 0 Å². The molecule has 0 fully saturated rings. The standard InChI is InChI=1S/C15H22O2/c1-10(2)14(9-15(16)17-5)13-7-6-11(3)8-12(13)4/h6-8,10,14H,9H2,1-5H3. The first-order valence-corrected chi connectivity index (χ1v) is 6.09. The Morgan fingerprint density at radius 3 is 2.41 bits per heavy atom. The number of methoxy groups -OCH3 is 1. The minimum Gasteiger partial charge on any atom is -0.469 e. The van der Waals surface area contributed by atoms with Crippen LogP contribution in [0.2, 0.25) is 0 Å². The molecule has 1 aromatic carbocycles. The Morgan fingerprint density at radius 2 is 1.94 bits per heavy atom. The van der Waals surface area contributed by atoms with Crippen LogP contribution in [0, 0.1) is 19.8 Å². The van der Waals surface area contributed by atoms with Crippen molar-refractivity contribution in [1.82, 2.24) is 0 Å². The number of hydrogen-bond donors (Lipinski definition) is 0. The molecule has 1 aromatic rings. The van der Waals surface area contributed by atoms with Crippen molar-refractivity contribution in [3.8, 4) is 0 Å². The predicted octanol–water partition coefficient (Wildman–Crippen LogP) is 3.61. The van der Waals surface area contributed by atoms with Crippen LogP contribution in [0.25, 0.3) is 0 Å². The first-order valence-electron chi connectivity index (χ1n) is 6.09. The molecule has 0 aliphatic carbocycles. The third kappa shape index (κ3) is 3.58. The van der Waals surface area contributed by atoms with Crippen LogP contribution in [0.15, 0.2) is 18.2 Å². The molecule has 0 heterocycles. The van der Waals surface area contributed by atoms with Crippen molar-refractivity contribution in [2.45, 2.75) is 40.0 Å². The number of carbonyl (C=O) groups is 1. The number of rotatable bonds is 4. The van der Waals surface area contributed by atoms with E-state index < -0.39 is 0 Å². The second-order valence-corrected chi connectivity index (χ2v) is 4.99. The summed E-state index contributed by atoms with van der Waals surface area (Å²) in [5.41, 5.74) is 3.77. The highest BCUT2D eigenvalue weighted by Crippen LogP contribution is 2.30. The van der Waals surface area contributed by atoms with Crippen molar-refractivity contribution in [2.24, 2.45) is 5.92 Å². The monoisotopic (exact) mass is 234 g/mol. The number of aryl methyl sites for hydroxylation is 2. The molecule has 0 N–H and O–H groups in total. The average molecular weight is 234 g/mol. The molecular weight excluding hydrogens is 212 g/mol. The lowest BCUT2D eigenvalue weighted by Crippen LogP contribution is -2.14. The average Bonchev–Trinajstić information content (AvgIpc) is 2.26. The van der Waals surface area contributed by atoms with Crippen LogP contribution in [0.1, 0.15) is 42.9 Å². The molecule has 0 aliphatic rings. The lowest BCUT2D eigenvalue weighted by molar-refractivity contribution is -0.141. The molecule has 0 amide bonds. The number of esters is 1. The summed E-state index contributed by atoms with van der Waals surface area (Å²) in [6.07, 6.45) is 0.456. The molecule has 0 bridgehead atoms. The van der Waals surface area contributed by atoms with E-state index in [4.69, 9.17) is 4.74 Å². The zero-order valence-corrected chi connectivity index (χ0v) is 11.4. The maximum atomic E-state index is 11.5. The van der Waals surface area contributed by atoms with Crippen molar-refractivity contribution in [3.05, 3.63) is 34.9 Å². The maximum Gasteiger partial charge on any atom is 0.306 e. The molecule has 2 nitrogen and oxygen atoms in total. The molecule has 0 aliphatic heterocycles. The first kappa shape index (κ1) is 13.8. The maximum absolute atomic E-state index is 11.5. The molecule has 0 saturated carbocycles. The SMILES string of the molecule is COC(=O)CC(c1ccc(C)cc1C)C(C)C. The quantitative estimate of drug-likeness (QED) is 0.744. The number of ether oxygens (including phenoxy) is 1. The van der Waals surface area contributed by atoms with E-state index in [2.05, 4.69) is 45.9 Å². The van der Waals surface area contributed by atoms with E-state index >= 15 is 0 Å². The number of carbonyl (C=O) groups excluding carboxylic acids is 1. The highest BCUT2D eigenvalue weighted by Gasteiger charge is 2.21. The van der Waals surface area contributed by atoms with E-state index in [-0.39, 0.29) is 11.9 Å². The second-order valence-electron chi connectivity index (χ2n) is 4.99. The Morgan fingerprint density at radius 1 is 1.29 bits per heavy atom. The van der Waals surface area contributed by atoms with E-state index in [0.717, 1.165) is 0 Å². The fourth-order valence-corrected chi connectivity index (χ4v) is 2.21. The fourth-order valence-electron chi connectivity index (χ4n) is 2.21. The minimum atomic E-state index is -0.135. The van der Waals surface area contributed by atoms with E-state index in [9.17, 15) is 4.79 Å². The van der Waals surface area contributed by atoms with Gasteiger partial charge in [-0.25, -0.2) is 0 Å². The highest BCUT2D eigenvalue weighted by atomic mass is 16.5. The van der Waals surface area contributed by atoms with E-state index in [1.54, 1.807) is 0 Å². The van der Waals surface area contributed by atoms with Crippen molar-refractivity contribution < 1.29 is 9.53 Å². The number of hydrogen-bond acceptors (Lipinski definition) is 2. The van der Waals surface area contributed by atoms with Gasteiger partial charge in [-0.15, -0.1) is 0 Å². The van der Waals surface area contributed by atoms with Gasteiger partial charge in [0.15, 0.2) is 0 Å². The molecule has 94 valence electrons. The molecule has 17 heavy (non-hydrogen) atoms. The summed E-state index contributed by atoms with van der Waals surface area (Å²) in [4.78, 5) is 11.5. The van der Waals surface area contributed by atoms with Crippen LogP contribution in [0.4, 0.5) is 0 Å². The number of benzene rings is 1. The predicted molar refractivity (Wildman–Crippen MR) is 70.1 cm³/mol. The zero-order chi connectivity index (χ0) is 13.0. The van der Waals surface area contributed by atoms with Gasteiger partial charge in [-0.3, -0.25) is 4.79 Å². The van der Waals surface area contributed by atoms with E-state index in [1.165, 1.54) is 23.8 Å². The van der Waals surface area contributed by atoms with Crippen LogP contribution >= 0.6 is 0 Å².